The summed E-state index contributed by atoms with van der Waals surface area (Å²) < 4.78 is 12.5. The smallest absolute Gasteiger partial charge is 0.217 e. The van der Waals surface area contributed by atoms with E-state index in [-0.39, 0.29) is 0 Å². The van der Waals surface area contributed by atoms with Gasteiger partial charge >= 0.3 is 0 Å². The summed E-state index contributed by atoms with van der Waals surface area (Å²) in [6.45, 7) is 2.13. The number of hydrogen-bond donors (Lipinski definition) is 0. The lowest BCUT2D eigenvalue weighted by atomic mass is 10.4. The molecule has 4 heteroatoms. The fraction of sp³-hybridized carbons (Fsp3) is 0.500. The fourth-order valence-electron chi connectivity index (χ4n) is 0.717. The molecule has 2 nitrogen and oxygen atoms in total. The highest BCUT2D eigenvalue weighted by Gasteiger charge is 1.97. The number of aromatic nitrogens is 2. The van der Waals surface area contributed by atoms with Gasteiger partial charge < -0.3 is 0 Å². The molecule has 1 heterocycles. The van der Waals surface area contributed by atoms with E-state index in [1.807, 2.05) is 0 Å². The van der Waals surface area contributed by atoms with Crippen molar-refractivity contribution in [3.8, 4) is 0 Å². The molecule has 0 N–H and O–H groups in total. The summed E-state index contributed by atoms with van der Waals surface area (Å²) in [5.41, 5.74) is 0. The van der Waals surface area contributed by atoms with Crippen molar-refractivity contribution in [2.45, 2.75) is 24.8 Å². The topological polar surface area (TPSA) is 25.8 Å². The maximum absolute atomic E-state index is 12.5. The van der Waals surface area contributed by atoms with E-state index in [4.69, 9.17) is 0 Å². The minimum atomic E-state index is -0.455. The van der Waals surface area contributed by atoms with E-state index in [0.717, 1.165) is 23.6 Å². The third-order valence-electron chi connectivity index (χ3n) is 1.36. The second kappa shape index (κ2) is 5.09. The molecule has 0 aromatic carbocycles. The van der Waals surface area contributed by atoms with Crippen molar-refractivity contribution in [3.63, 3.8) is 0 Å². The highest BCUT2D eigenvalue weighted by molar-refractivity contribution is 7.99. The van der Waals surface area contributed by atoms with Crippen LogP contribution in [0.1, 0.15) is 19.8 Å². The van der Waals surface area contributed by atoms with Gasteiger partial charge in [-0.25, -0.2) is 9.97 Å². The summed E-state index contributed by atoms with van der Waals surface area (Å²) in [6, 6.07) is 1.36. The molecule has 0 unspecified atom stereocenters. The van der Waals surface area contributed by atoms with Crippen LogP contribution >= 0.6 is 11.8 Å². The Kier molecular flexibility index (Phi) is 4.00. The lowest BCUT2D eigenvalue weighted by Crippen LogP contribution is -1.87. The Bertz CT molecular complexity index is 242. The lowest BCUT2D eigenvalue weighted by Gasteiger charge is -1.97. The van der Waals surface area contributed by atoms with Crippen molar-refractivity contribution in [1.29, 1.82) is 0 Å². The van der Waals surface area contributed by atoms with Gasteiger partial charge in [-0.15, -0.1) is 11.8 Å². The summed E-state index contributed by atoms with van der Waals surface area (Å²) in [5.74, 6) is 0.538. The van der Waals surface area contributed by atoms with Gasteiger partial charge in [0.25, 0.3) is 0 Å². The fourth-order valence-corrected chi connectivity index (χ4v) is 1.66. The Labute approximate surface area is 75.6 Å². The number of nitrogens with zero attached hydrogens (tertiary/aromatic N) is 2. The maximum atomic E-state index is 12.5. The van der Waals surface area contributed by atoms with Gasteiger partial charge in [0.2, 0.25) is 5.95 Å². The zero-order valence-corrected chi connectivity index (χ0v) is 7.77. The van der Waals surface area contributed by atoms with Crippen LogP contribution < -0.4 is 0 Å². The van der Waals surface area contributed by atoms with Gasteiger partial charge in [0.15, 0.2) is 0 Å². The summed E-state index contributed by atoms with van der Waals surface area (Å²) >= 11 is 1.57. The van der Waals surface area contributed by atoms with Crippen LogP contribution in [-0.4, -0.2) is 15.7 Å². The molecule has 0 saturated carbocycles. The normalized spacial score (nSPS) is 10.2. The van der Waals surface area contributed by atoms with E-state index < -0.39 is 5.95 Å². The molecule has 1 aromatic heterocycles. The first-order valence-electron chi connectivity index (χ1n) is 3.93. The minimum absolute atomic E-state index is 0.455. The van der Waals surface area contributed by atoms with Gasteiger partial charge in [0.1, 0.15) is 11.4 Å². The number of unbranched alkanes of at least 4 members (excludes halogenated alkanes) is 1. The average molecular weight is 186 g/mol. The first kappa shape index (κ1) is 9.45. The average Bonchev–Trinajstić information content (AvgIpc) is 2.05. The number of hydrogen-bond acceptors (Lipinski definition) is 3. The SMILES string of the molecule is CCCCSc1cc(F)ncn1. The summed E-state index contributed by atoms with van der Waals surface area (Å²) in [5, 5.41) is 0.718. The molecule has 0 amide bonds. The minimum Gasteiger partial charge on any atom is -0.230 e. The number of rotatable bonds is 4. The quantitative estimate of drug-likeness (QED) is 0.410. The van der Waals surface area contributed by atoms with Crippen LogP contribution in [0.4, 0.5) is 4.39 Å². The van der Waals surface area contributed by atoms with E-state index in [1.54, 1.807) is 11.8 Å². The molecule has 0 bridgehead atoms. The van der Waals surface area contributed by atoms with Crippen LogP contribution in [-0.2, 0) is 0 Å². The van der Waals surface area contributed by atoms with Crippen LogP contribution in [0.25, 0.3) is 0 Å². The van der Waals surface area contributed by atoms with Gasteiger partial charge in [-0.3, -0.25) is 0 Å². The standard InChI is InChI=1S/C8H11FN2S/c1-2-3-4-12-8-5-7(9)10-6-11-8/h5-6H,2-4H2,1H3. The van der Waals surface area contributed by atoms with Gasteiger partial charge in [-0.2, -0.15) is 4.39 Å². The molecular weight excluding hydrogens is 175 g/mol. The molecule has 0 aliphatic carbocycles. The molecule has 0 saturated heterocycles. The van der Waals surface area contributed by atoms with Crippen molar-refractivity contribution in [3.05, 3.63) is 18.3 Å². The molecule has 0 radical (unpaired) electrons. The van der Waals surface area contributed by atoms with Crippen LogP contribution in [0.5, 0.6) is 0 Å². The molecule has 0 aliphatic heterocycles. The molecule has 0 atom stereocenters. The Morgan fingerprint density at radius 2 is 2.33 bits per heavy atom. The van der Waals surface area contributed by atoms with Crippen molar-refractivity contribution in [2.75, 3.05) is 5.75 Å². The van der Waals surface area contributed by atoms with Crippen molar-refractivity contribution in [1.82, 2.24) is 9.97 Å². The van der Waals surface area contributed by atoms with E-state index >= 15 is 0 Å². The summed E-state index contributed by atoms with van der Waals surface area (Å²) in [7, 11) is 0. The first-order chi connectivity index (χ1) is 5.83. The molecule has 0 fully saturated rings. The predicted octanol–water partition coefficient (Wildman–Crippen LogP) is 2.51. The van der Waals surface area contributed by atoms with Gasteiger partial charge in [-0.1, -0.05) is 13.3 Å². The molecule has 0 aliphatic rings. The summed E-state index contributed by atoms with van der Waals surface area (Å²) in [4.78, 5) is 7.30. The van der Waals surface area contributed by atoms with E-state index in [1.165, 1.54) is 12.4 Å². The highest BCUT2D eigenvalue weighted by Crippen LogP contribution is 2.15. The lowest BCUT2D eigenvalue weighted by molar-refractivity contribution is 0.572. The van der Waals surface area contributed by atoms with Crippen molar-refractivity contribution in [2.24, 2.45) is 0 Å². The van der Waals surface area contributed by atoms with Gasteiger partial charge in [0, 0.05) is 6.07 Å². The van der Waals surface area contributed by atoms with Crippen molar-refractivity contribution < 1.29 is 4.39 Å². The Hall–Kier alpha value is -0.640. The summed E-state index contributed by atoms with van der Waals surface area (Å²) in [6.07, 6.45) is 3.54. The van der Waals surface area contributed by atoms with Gasteiger partial charge in [0.05, 0.1) is 0 Å². The largest absolute Gasteiger partial charge is 0.230 e. The van der Waals surface area contributed by atoms with Crippen LogP contribution in [0.3, 0.4) is 0 Å². The molecule has 12 heavy (non-hydrogen) atoms. The maximum Gasteiger partial charge on any atom is 0.217 e. The zero-order valence-electron chi connectivity index (χ0n) is 6.96. The van der Waals surface area contributed by atoms with E-state index in [2.05, 4.69) is 16.9 Å². The molecule has 1 rings (SSSR count). The Balaban J connectivity index is 2.41. The molecule has 0 spiro atoms. The van der Waals surface area contributed by atoms with Crippen LogP contribution in [0.2, 0.25) is 0 Å². The predicted molar refractivity (Wildman–Crippen MR) is 47.6 cm³/mol. The Morgan fingerprint density at radius 1 is 1.50 bits per heavy atom. The third kappa shape index (κ3) is 3.17. The molecule has 66 valence electrons. The van der Waals surface area contributed by atoms with Crippen LogP contribution in [0, 0.1) is 5.95 Å². The van der Waals surface area contributed by atoms with Crippen molar-refractivity contribution >= 4 is 11.8 Å². The molecular formula is C8H11FN2S. The Morgan fingerprint density at radius 3 is 3.00 bits per heavy atom. The molecule has 1 aromatic rings. The van der Waals surface area contributed by atoms with Gasteiger partial charge in [-0.05, 0) is 12.2 Å². The third-order valence-corrected chi connectivity index (χ3v) is 2.37. The van der Waals surface area contributed by atoms with E-state index in [9.17, 15) is 4.39 Å². The zero-order chi connectivity index (χ0) is 8.81. The monoisotopic (exact) mass is 186 g/mol. The van der Waals surface area contributed by atoms with E-state index in [0.29, 0.717) is 0 Å². The number of thioether (sulfide) groups is 1. The van der Waals surface area contributed by atoms with Crippen LogP contribution in [0.15, 0.2) is 17.4 Å². The second-order valence-electron chi connectivity index (χ2n) is 2.38. The first-order valence-corrected chi connectivity index (χ1v) is 4.92. The second-order valence-corrected chi connectivity index (χ2v) is 3.50. The highest BCUT2D eigenvalue weighted by atomic mass is 32.2. The number of halogens is 1.